The molecule has 4 aliphatic heterocycles. The molecule has 15 heteroatoms. The molecule has 0 aliphatic carbocycles. The Morgan fingerprint density at radius 2 is 2.04 bits per heavy atom. The van der Waals surface area contributed by atoms with Gasteiger partial charge in [0.1, 0.15) is 47.6 Å². The Morgan fingerprint density at radius 3 is 2.84 bits per heavy atom. The third-order valence-corrected chi connectivity index (χ3v) is 10.8. The van der Waals surface area contributed by atoms with Crippen LogP contribution in [0.4, 0.5) is 32.8 Å². The summed E-state index contributed by atoms with van der Waals surface area (Å²) in [5.74, 6) is -4.72. The van der Waals surface area contributed by atoms with Gasteiger partial charge in [-0.05, 0) is 31.0 Å². The zero-order chi connectivity index (χ0) is 31.4. The minimum atomic E-state index is -3.05. The Kier molecular flexibility index (Phi) is 6.34. The van der Waals surface area contributed by atoms with Crippen LogP contribution in [0.25, 0.3) is 32.1 Å². The van der Waals surface area contributed by atoms with E-state index < -0.39 is 48.3 Å². The first-order valence-electron chi connectivity index (χ1n) is 14.4. The molecule has 45 heavy (non-hydrogen) atoms. The van der Waals surface area contributed by atoms with Gasteiger partial charge in [0, 0.05) is 30.3 Å². The molecule has 0 unspecified atom stereocenters. The van der Waals surface area contributed by atoms with Crippen LogP contribution in [0.2, 0.25) is 5.02 Å². The van der Waals surface area contributed by atoms with Gasteiger partial charge in [-0.15, -0.1) is 11.3 Å². The van der Waals surface area contributed by atoms with Crippen LogP contribution in [-0.4, -0.2) is 71.4 Å². The van der Waals surface area contributed by atoms with Crippen LogP contribution in [0, 0.1) is 23.0 Å². The Balaban J connectivity index is 1.35. The molecule has 3 saturated heterocycles. The second kappa shape index (κ2) is 9.91. The summed E-state index contributed by atoms with van der Waals surface area (Å²) in [5, 5.41) is 9.74. The number of aromatic nitrogens is 2. The average Bonchev–Trinajstić information content (AvgIpc) is 3.69. The molecule has 2 N–H and O–H groups in total. The molecule has 4 aliphatic rings. The second-order valence-corrected chi connectivity index (χ2v) is 13.6. The Bertz CT molecular complexity index is 1970. The van der Waals surface area contributed by atoms with E-state index >= 15 is 4.39 Å². The molecule has 2 aromatic heterocycles. The number of hydrogen-bond acceptors (Lipinski definition) is 9. The lowest BCUT2D eigenvalue weighted by atomic mass is 9.95. The highest BCUT2D eigenvalue weighted by Gasteiger charge is 2.50. The minimum absolute atomic E-state index is 0.0113. The summed E-state index contributed by atoms with van der Waals surface area (Å²) in [4.78, 5) is 12.3. The standard InChI is InChI=1S/C30H24ClF5N6O2S/c31-21-19(15-2-3-17(33)25-18(15)16(8-37)26(38)45-25)22(34)23-20-24(21)43-10-14-7-30(35,36)11-42(14)27(20)40-28(39-23)44-12-29-4-1-5-41(29)9-13(32)6-29/h2-3,13-14H,1,4-7,9-12,38H2/t13-,14-,29+/m1/s1. The number of benzene rings is 2. The van der Waals surface area contributed by atoms with Gasteiger partial charge in [-0.1, -0.05) is 17.7 Å². The third kappa shape index (κ3) is 4.23. The van der Waals surface area contributed by atoms with Crippen molar-refractivity contribution in [3.05, 3.63) is 34.4 Å². The van der Waals surface area contributed by atoms with Gasteiger partial charge < -0.3 is 20.1 Å². The van der Waals surface area contributed by atoms with Crippen LogP contribution in [0.5, 0.6) is 11.8 Å². The van der Waals surface area contributed by atoms with Crippen LogP contribution >= 0.6 is 22.9 Å². The van der Waals surface area contributed by atoms with Crippen molar-refractivity contribution >= 4 is 54.7 Å². The summed E-state index contributed by atoms with van der Waals surface area (Å²) in [6.07, 6.45) is 0.301. The number of alkyl halides is 3. The molecule has 0 saturated carbocycles. The van der Waals surface area contributed by atoms with Crippen molar-refractivity contribution in [3.8, 4) is 29.0 Å². The Hall–Kier alpha value is -3.67. The van der Waals surface area contributed by atoms with Crippen LogP contribution in [0.1, 0.15) is 31.2 Å². The van der Waals surface area contributed by atoms with Crippen molar-refractivity contribution < 1.29 is 31.4 Å². The maximum Gasteiger partial charge on any atom is 0.319 e. The highest BCUT2D eigenvalue weighted by atomic mass is 35.5. The number of rotatable bonds is 4. The zero-order valence-electron chi connectivity index (χ0n) is 23.5. The lowest BCUT2D eigenvalue weighted by Crippen LogP contribution is -2.43. The number of fused-ring (bicyclic) bond motifs is 4. The molecule has 8 rings (SSSR count). The number of hydrogen-bond donors (Lipinski definition) is 1. The van der Waals surface area contributed by atoms with Gasteiger partial charge in [0.15, 0.2) is 11.6 Å². The first-order chi connectivity index (χ1) is 21.5. The van der Waals surface area contributed by atoms with Gasteiger partial charge in [-0.25, -0.2) is 22.0 Å². The molecule has 4 aromatic rings. The molecule has 3 fully saturated rings. The predicted octanol–water partition coefficient (Wildman–Crippen LogP) is 6.46. The molecule has 2 aromatic carbocycles. The fraction of sp³-hybridized carbons (Fsp3) is 0.433. The summed E-state index contributed by atoms with van der Waals surface area (Å²) in [7, 11) is 0. The summed E-state index contributed by atoms with van der Waals surface area (Å²) in [5.41, 5.74) is 4.96. The summed E-state index contributed by atoms with van der Waals surface area (Å²) < 4.78 is 87.7. The number of nitrogen functional groups attached to an aromatic ring is 1. The maximum atomic E-state index is 16.9. The number of nitrogens with zero attached hydrogens (tertiary/aromatic N) is 5. The lowest BCUT2D eigenvalue weighted by Gasteiger charge is -2.31. The van der Waals surface area contributed by atoms with E-state index in [1.807, 2.05) is 11.0 Å². The molecular weight excluding hydrogens is 639 g/mol. The maximum absolute atomic E-state index is 16.9. The highest BCUT2D eigenvalue weighted by molar-refractivity contribution is 7.23. The number of nitrogens with two attached hydrogens (primary N) is 1. The predicted molar refractivity (Wildman–Crippen MR) is 159 cm³/mol. The largest absolute Gasteiger partial charge is 0.489 e. The molecule has 3 atom stereocenters. The molecule has 0 spiro atoms. The fourth-order valence-electron chi connectivity index (χ4n) is 7.51. The van der Waals surface area contributed by atoms with E-state index in [0.717, 1.165) is 30.4 Å². The summed E-state index contributed by atoms with van der Waals surface area (Å²) in [6, 6.07) is 3.30. The van der Waals surface area contributed by atoms with Gasteiger partial charge in [0.05, 0.1) is 38.8 Å². The van der Waals surface area contributed by atoms with Crippen LogP contribution in [0.15, 0.2) is 12.1 Å². The minimum Gasteiger partial charge on any atom is -0.489 e. The monoisotopic (exact) mass is 662 g/mol. The van der Waals surface area contributed by atoms with Crippen LogP contribution in [0.3, 0.4) is 0 Å². The molecule has 234 valence electrons. The van der Waals surface area contributed by atoms with Gasteiger partial charge >= 0.3 is 6.01 Å². The first-order valence-corrected chi connectivity index (χ1v) is 15.6. The van der Waals surface area contributed by atoms with Gasteiger partial charge in [-0.3, -0.25) is 4.90 Å². The number of ether oxygens (including phenoxy) is 2. The van der Waals surface area contributed by atoms with E-state index in [2.05, 4.69) is 9.97 Å². The van der Waals surface area contributed by atoms with Crippen LogP contribution in [-0.2, 0) is 0 Å². The van der Waals surface area contributed by atoms with Crippen molar-refractivity contribution in [2.75, 3.05) is 43.5 Å². The Labute approximate surface area is 262 Å². The number of anilines is 2. The molecule has 6 heterocycles. The van der Waals surface area contributed by atoms with Crippen molar-refractivity contribution in [2.24, 2.45) is 0 Å². The normalized spacial score (nSPS) is 25.3. The fourth-order valence-corrected chi connectivity index (χ4v) is 8.79. The molecule has 8 nitrogen and oxygen atoms in total. The van der Waals surface area contributed by atoms with Crippen molar-refractivity contribution in [1.82, 2.24) is 14.9 Å². The van der Waals surface area contributed by atoms with Crippen molar-refractivity contribution in [3.63, 3.8) is 0 Å². The van der Waals surface area contributed by atoms with Crippen molar-refractivity contribution in [2.45, 2.75) is 49.4 Å². The molecule has 0 amide bonds. The summed E-state index contributed by atoms with van der Waals surface area (Å²) in [6.45, 7) is 0.151. The number of thiophene rings is 1. The van der Waals surface area contributed by atoms with Gasteiger partial charge in [-0.2, -0.15) is 15.2 Å². The van der Waals surface area contributed by atoms with Crippen LogP contribution < -0.4 is 20.1 Å². The Morgan fingerprint density at radius 1 is 1.22 bits per heavy atom. The topological polar surface area (TPSA) is 101 Å². The third-order valence-electron chi connectivity index (χ3n) is 9.44. The summed E-state index contributed by atoms with van der Waals surface area (Å²) >= 11 is 7.71. The zero-order valence-corrected chi connectivity index (χ0v) is 25.1. The van der Waals surface area contributed by atoms with E-state index in [-0.39, 0.29) is 84.9 Å². The van der Waals surface area contributed by atoms with E-state index in [1.165, 1.54) is 11.0 Å². The van der Waals surface area contributed by atoms with E-state index in [4.69, 9.17) is 26.8 Å². The molecule has 0 radical (unpaired) electrons. The highest BCUT2D eigenvalue weighted by Crippen LogP contribution is 2.52. The SMILES string of the molecule is N#Cc1c(N)sc2c(F)ccc(-c3c(Cl)c4c5c(nc(OC[C@@]67CCCN6C[C@H](F)C7)nc5c3F)N3CC(F)(F)C[C@@H]3CO4)c12. The number of nitriles is 1. The quantitative estimate of drug-likeness (QED) is 0.249. The smallest absolute Gasteiger partial charge is 0.319 e. The van der Waals surface area contributed by atoms with Gasteiger partial charge in [0.25, 0.3) is 5.92 Å². The van der Waals surface area contributed by atoms with E-state index in [0.29, 0.717) is 13.0 Å². The number of halogens is 6. The van der Waals surface area contributed by atoms with Crippen molar-refractivity contribution in [1.29, 1.82) is 5.26 Å². The second-order valence-electron chi connectivity index (χ2n) is 12.2. The first kappa shape index (κ1) is 28.8. The van der Waals surface area contributed by atoms with E-state index in [1.54, 1.807) is 0 Å². The molecule has 0 bridgehead atoms. The van der Waals surface area contributed by atoms with Gasteiger partial charge in [0.2, 0.25) is 0 Å². The molecular formula is C30H24ClF5N6O2S. The lowest BCUT2D eigenvalue weighted by molar-refractivity contribution is 0.0205. The average molecular weight is 663 g/mol. The van der Waals surface area contributed by atoms with E-state index in [9.17, 15) is 22.8 Å².